The van der Waals surface area contributed by atoms with Crippen LogP contribution in [0.5, 0.6) is 0 Å². The molecule has 5 nitrogen and oxygen atoms in total. The summed E-state index contributed by atoms with van der Waals surface area (Å²) in [6, 6.07) is 2.30. The summed E-state index contributed by atoms with van der Waals surface area (Å²) in [6.45, 7) is 0. The van der Waals surface area contributed by atoms with Crippen molar-refractivity contribution in [2.45, 2.75) is 54.1 Å². The second-order valence-electron chi connectivity index (χ2n) is 5.38. The normalized spacial score (nSPS) is 30.4. The molecule has 2 saturated carbocycles. The first kappa shape index (κ1) is 12.9. The number of hydrogen-bond donors (Lipinski definition) is 2. The minimum atomic E-state index is -0.506. The van der Waals surface area contributed by atoms with Gasteiger partial charge in [0.05, 0.1) is 5.54 Å². The third-order valence-corrected chi connectivity index (χ3v) is 4.97. The van der Waals surface area contributed by atoms with E-state index in [0.29, 0.717) is 11.3 Å². The first-order valence-corrected chi connectivity index (χ1v) is 7.57. The third-order valence-electron chi connectivity index (χ3n) is 3.81. The van der Waals surface area contributed by atoms with E-state index in [1.54, 1.807) is 30.2 Å². The molecule has 2 fully saturated rings. The molecule has 2 aliphatic rings. The standard InChI is InChI=1S/C13H18N4OS/c14-11(18)13(17-9-2-3-9)5-4-10(8-13)19-12-15-6-1-7-16-12/h1,6-7,9-10,17H,2-5,8H2,(H2,14,18). The van der Waals surface area contributed by atoms with E-state index in [0.717, 1.165) is 37.3 Å². The zero-order valence-electron chi connectivity index (χ0n) is 10.7. The topological polar surface area (TPSA) is 80.9 Å². The Hall–Kier alpha value is -1.14. The number of carbonyl (C=O) groups excluding carboxylic acids is 1. The Morgan fingerprint density at radius 2 is 2.11 bits per heavy atom. The van der Waals surface area contributed by atoms with Crippen LogP contribution in [0, 0.1) is 0 Å². The lowest BCUT2D eigenvalue weighted by atomic mass is 9.96. The number of nitrogens with two attached hydrogens (primary N) is 1. The highest BCUT2D eigenvalue weighted by Gasteiger charge is 2.47. The van der Waals surface area contributed by atoms with Gasteiger partial charge in [-0.3, -0.25) is 4.79 Å². The van der Waals surface area contributed by atoms with Gasteiger partial charge in [0.1, 0.15) is 0 Å². The second-order valence-corrected chi connectivity index (χ2v) is 6.65. The summed E-state index contributed by atoms with van der Waals surface area (Å²) in [7, 11) is 0. The van der Waals surface area contributed by atoms with Crippen LogP contribution in [0.15, 0.2) is 23.6 Å². The predicted octanol–water partition coefficient (Wildman–Crippen LogP) is 1.10. The highest BCUT2D eigenvalue weighted by molar-refractivity contribution is 7.99. The van der Waals surface area contributed by atoms with Gasteiger partial charge in [-0.2, -0.15) is 0 Å². The second kappa shape index (κ2) is 5.09. The number of nitrogens with zero attached hydrogens (tertiary/aromatic N) is 2. The van der Waals surface area contributed by atoms with E-state index < -0.39 is 5.54 Å². The summed E-state index contributed by atoms with van der Waals surface area (Å²) < 4.78 is 0. The zero-order chi connectivity index (χ0) is 13.3. The number of hydrogen-bond acceptors (Lipinski definition) is 5. The summed E-state index contributed by atoms with van der Waals surface area (Å²) in [5.41, 5.74) is 5.12. The van der Waals surface area contributed by atoms with Crippen molar-refractivity contribution in [1.29, 1.82) is 0 Å². The highest BCUT2D eigenvalue weighted by Crippen LogP contribution is 2.40. The van der Waals surface area contributed by atoms with E-state index in [2.05, 4.69) is 15.3 Å². The largest absolute Gasteiger partial charge is 0.368 e. The van der Waals surface area contributed by atoms with Gasteiger partial charge < -0.3 is 11.1 Å². The molecule has 0 aliphatic heterocycles. The van der Waals surface area contributed by atoms with Crippen LogP contribution < -0.4 is 11.1 Å². The molecule has 1 aromatic rings. The molecule has 3 N–H and O–H groups in total. The van der Waals surface area contributed by atoms with Gasteiger partial charge in [-0.05, 0) is 38.2 Å². The van der Waals surface area contributed by atoms with Crippen molar-refractivity contribution in [2.75, 3.05) is 0 Å². The molecule has 3 rings (SSSR count). The van der Waals surface area contributed by atoms with Crippen molar-refractivity contribution in [1.82, 2.24) is 15.3 Å². The third kappa shape index (κ3) is 2.90. The van der Waals surface area contributed by atoms with E-state index in [1.165, 1.54) is 0 Å². The Morgan fingerprint density at radius 1 is 1.37 bits per heavy atom. The predicted molar refractivity (Wildman–Crippen MR) is 73.6 cm³/mol. The Labute approximate surface area is 116 Å². The maximum absolute atomic E-state index is 11.8. The van der Waals surface area contributed by atoms with Crippen molar-refractivity contribution >= 4 is 17.7 Å². The Bertz CT molecular complexity index is 465. The van der Waals surface area contributed by atoms with Gasteiger partial charge in [-0.25, -0.2) is 9.97 Å². The van der Waals surface area contributed by atoms with Crippen LogP contribution in [0.3, 0.4) is 0 Å². The van der Waals surface area contributed by atoms with E-state index in [1.807, 2.05) is 0 Å². The molecular weight excluding hydrogens is 260 g/mol. The number of thioether (sulfide) groups is 1. The fourth-order valence-corrected chi connectivity index (χ4v) is 3.79. The van der Waals surface area contributed by atoms with E-state index in [4.69, 9.17) is 5.73 Å². The Balaban J connectivity index is 1.65. The molecule has 0 spiro atoms. The SMILES string of the molecule is NC(=O)C1(NC2CC2)CCC(Sc2ncccn2)C1. The van der Waals surface area contributed by atoms with Gasteiger partial charge in [0, 0.05) is 23.7 Å². The fraction of sp³-hybridized carbons (Fsp3) is 0.615. The van der Waals surface area contributed by atoms with Gasteiger partial charge >= 0.3 is 0 Å². The monoisotopic (exact) mass is 278 g/mol. The van der Waals surface area contributed by atoms with Gasteiger partial charge in [0.2, 0.25) is 5.91 Å². The van der Waals surface area contributed by atoms with Crippen molar-refractivity contribution in [3.8, 4) is 0 Å². The quantitative estimate of drug-likeness (QED) is 0.788. The van der Waals surface area contributed by atoms with Crippen molar-refractivity contribution in [3.05, 3.63) is 18.5 Å². The summed E-state index contributed by atoms with van der Waals surface area (Å²) in [4.78, 5) is 20.3. The molecular formula is C13H18N4OS. The number of amides is 1. The van der Waals surface area contributed by atoms with Crippen LogP contribution in [-0.2, 0) is 4.79 Å². The number of rotatable bonds is 5. The van der Waals surface area contributed by atoms with Crippen LogP contribution in [0.1, 0.15) is 32.1 Å². The van der Waals surface area contributed by atoms with Crippen LogP contribution >= 0.6 is 11.8 Å². The maximum Gasteiger partial charge on any atom is 0.237 e. The smallest absolute Gasteiger partial charge is 0.237 e. The highest BCUT2D eigenvalue weighted by atomic mass is 32.2. The Morgan fingerprint density at radius 3 is 2.74 bits per heavy atom. The zero-order valence-corrected chi connectivity index (χ0v) is 11.5. The van der Waals surface area contributed by atoms with Gasteiger partial charge in [-0.15, -0.1) is 0 Å². The molecule has 6 heteroatoms. The van der Waals surface area contributed by atoms with Gasteiger partial charge in [0.25, 0.3) is 0 Å². The molecule has 1 amide bonds. The average Bonchev–Trinajstić information content (AvgIpc) is 3.11. The average molecular weight is 278 g/mol. The van der Waals surface area contributed by atoms with E-state index in [-0.39, 0.29) is 5.91 Å². The molecule has 0 saturated heterocycles. The summed E-state index contributed by atoms with van der Waals surface area (Å²) in [5.74, 6) is -0.212. The van der Waals surface area contributed by atoms with Crippen molar-refractivity contribution in [2.24, 2.45) is 5.73 Å². The number of primary amides is 1. The minimum Gasteiger partial charge on any atom is -0.368 e. The first-order valence-electron chi connectivity index (χ1n) is 6.69. The van der Waals surface area contributed by atoms with Crippen LogP contribution in [0.4, 0.5) is 0 Å². The number of aromatic nitrogens is 2. The lowest BCUT2D eigenvalue weighted by Crippen LogP contribution is -2.54. The molecule has 0 bridgehead atoms. The molecule has 2 unspecified atom stereocenters. The molecule has 2 aliphatic carbocycles. The van der Waals surface area contributed by atoms with E-state index in [9.17, 15) is 4.79 Å². The lowest BCUT2D eigenvalue weighted by molar-refractivity contribution is -0.124. The number of carbonyl (C=O) groups is 1. The van der Waals surface area contributed by atoms with Crippen LogP contribution in [0.2, 0.25) is 0 Å². The van der Waals surface area contributed by atoms with Crippen LogP contribution in [-0.4, -0.2) is 32.7 Å². The number of nitrogens with one attached hydrogen (secondary N) is 1. The van der Waals surface area contributed by atoms with E-state index >= 15 is 0 Å². The van der Waals surface area contributed by atoms with Crippen molar-refractivity contribution in [3.63, 3.8) is 0 Å². The molecule has 1 aromatic heterocycles. The summed E-state index contributed by atoms with van der Waals surface area (Å²) in [5, 5.41) is 4.59. The molecule has 0 aromatic carbocycles. The minimum absolute atomic E-state index is 0.212. The first-order chi connectivity index (χ1) is 9.18. The maximum atomic E-state index is 11.8. The van der Waals surface area contributed by atoms with Gasteiger partial charge in [0.15, 0.2) is 5.16 Å². The fourth-order valence-electron chi connectivity index (χ4n) is 2.64. The molecule has 19 heavy (non-hydrogen) atoms. The molecule has 102 valence electrons. The lowest BCUT2D eigenvalue weighted by Gasteiger charge is -2.27. The molecule has 2 atom stereocenters. The summed E-state index contributed by atoms with van der Waals surface area (Å²) >= 11 is 1.65. The van der Waals surface area contributed by atoms with Gasteiger partial charge in [-0.1, -0.05) is 11.8 Å². The van der Waals surface area contributed by atoms with Crippen LogP contribution in [0.25, 0.3) is 0 Å². The molecule has 1 heterocycles. The Kier molecular flexibility index (Phi) is 3.45. The van der Waals surface area contributed by atoms with Crippen molar-refractivity contribution < 1.29 is 4.79 Å². The molecule has 0 radical (unpaired) electrons. The summed E-state index contributed by atoms with van der Waals surface area (Å²) in [6.07, 6.45) is 8.39.